The molecule has 0 aliphatic heterocycles. The van der Waals surface area contributed by atoms with Crippen molar-refractivity contribution < 1.29 is 8.78 Å². The van der Waals surface area contributed by atoms with Crippen LogP contribution in [0.15, 0.2) is 18.5 Å². The molecule has 1 atom stereocenters. The number of aromatic amines is 1. The number of alkyl halides is 2. The number of aromatic nitrogens is 1. The van der Waals surface area contributed by atoms with Crippen LogP contribution in [-0.2, 0) is 6.42 Å². The van der Waals surface area contributed by atoms with Crippen molar-refractivity contribution in [2.75, 3.05) is 0 Å². The van der Waals surface area contributed by atoms with E-state index in [1.807, 2.05) is 0 Å². The van der Waals surface area contributed by atoms with Gasteiger partial charge in [-0.15, -0.1) is 0 Å². The molecule has 62 valence electrons. The zero-order chi connectivity index (χ0) is 8.27. The van der Waals surface area contributed by atoms with Crippen LogP contribution < -0.4 is 5.73 Å². The van der Waals surface area contributed by atoms with Crippen LogP contribution in [0.4, 0.5) is 8.78 Å². The van der Waals surface area contributed by atoms with Crippen molar-refractivity contribution >= 4 is 0 Å². The predicted molar refractivity (Wildman–Crippen MR) is 38.5 cm³/mol. The lowest BCUT2D eigenvalue weighted by Gasteiger charge is -2.07. The number of rotatable bonds is 3. The van der Waals surface area contributed by atoms with Crippen molar-refractivity contribution in [3.05, 3.63) is 24.0 Å². The Balaban J connectivity index is 2.43. The van der Waals surface area contributed by atoms with Crippen molar-refractivity contribution in [2.24, 2.45) is 5.73 Å². The lowest BCUT2D eigenvalue weighted by atomic mass is 10.1. The Kier molecular flexibility index (Phi) is 2.59. The van der Waals surface area contributed by atoms with Gasteiger partial charge < -0.3 is 10.7 Å². The highest BCUT2D eigenvalue weighted by molar-refractivity contribution is 5.09. The smallest absolute Gasteiger partial charge is 0.253 e. The number of hydrogen-bond donors (Lipinski definition) is 2. The van der Waals surface area contributed by atoms with E-state index in [0.717, 1.165) is 5.56 Å². The first kappa shape index (κ1) is 8.20. The van der Waals surface area contributed by atoms with Crippen molar-refractivity contribution in [2.45, 2.75) is 18.9 Å². The fourth-order valence-electron chi connectivity index (χ4n) is 0.847. The minimum absolute atomic E-state index is 0.223. The maximum absolute atomic E-state index is 11.9. The average Bonchev–Trinajstić information content (AvgIpc) is 2.39. The molecule has 11 heavy (non-hydrogen) atoms. The van der Waals surface area contributed by atoms with Crippen LogP contribution in [0.5, 0.6) is 0 Å². The summed E-state index contributed by atoms with van der Waals surface area (Å²) in [6, 6.07) is 0.688. The molecule has 0 aromatic carbocycles. The second kappa shape index (κ2) is 3.48. The lowest BCUT2D eigenvalue weighted by molar-refractivity contribution is 0.116. The summed E-state index contributed by atoms with van der Waals surface area (Å²) < 4.78 is 23.8. The summed E-state index contributed by atoms with van der Waals surface area (Å²) in [7, 11) is 0. The first-order chi connectivity index (χ1) is 5.20. The molecule has 1 rings (SSSR count). The van der Waals surface area contributed by atoms with Gasteiger partial charge in [0.15, 0.2) is 0 Å². The molecular weight excluding hydrogens is 150 g/mol. The maximum atomic E-state index is 11.9. The highest BCUT2D eigenvalue weighted by Crippen LogP contribution is 2.06. The quantitative estimate of drug-likeness (QED) is 0.684. The Morgan fingerprint density at radius 2 is 2.27 bits per heavy atom. The predicted octanol–water partition coefficient (Wildman–Crippen LogP) is 1.15. The van der Waals surface area contributed by atoms with Gasteiger partial charge in [0, 0.05) is 12.4 Å². The van der Waals surface area contributed by atoms with Crippen LogP contribution in [0.25, 0.3) is 0 Å². The molecule has 0 bridgehead atoms. The van der Waals surface area contributed by atoms with Gasteiger partial charge in [0.2, 0.25) is 0 Å². The molecule has 1 aromatic rings. The third-order valence-corrected chi connectivity index (χ3v) is 1.46. The molecule has 0 fully saturated rings. The molecular formula is C7H10F2N2. The van der Waals surface area contributed by atoms with Crippen LogP contribution in [0.2, 0.25) is 0 Å². The number of H-pyrrole nitrogens is 1. The first-order valence-corrected chi connectivity index (χ1v) is 3.35. The Bertz CT molecular complexity index is 196. The number of nitrogens with two attached hydrogens (primary N) is 1. The molecule has 0 aliphatic rings. The Morgan fingerprint density at radius 1 is 1.55 bits per heavy atom. The van der Waals surface area contributed by atoms with Crippen molar-refractivity contribution in [1.29, 1.82) is 0 Å². The fourth-order valence-corrected chi connectivity index (χ4v) is 0.847. The van der Waals surface area contributed by atoms with Crippen LogP contribution in [0, 0.1) is 0 Å². The van der Waals surface area contributed by atoms with E-state index in [1.54, 1.807) is 18.5 Å². The van der Waals surface area contributed by atoms with E-state index in [-0.39, 0.29) is 6.42 Å². The van der Waals surface area contributed by atoms with E-state index in [0.29, 0.717) is 0 Å². The van der Waals surface area contributed by atoms with Gasteiger partial charge in [0.1, 0.15) is 0 Å². The molecule has 1 unspecified atom stereocenters. The summed E-state index contributed by atoms with van der Waals surface area (Å²) in [5, 5.41) is 0. The van der Waals surface area contributed by atoms with Gasteiger partial charge in [-0.2, -0.15) is 0 Å². The third kappa shape index (κ3) is 2.31. The fraction of sp³-hybridized carbons (Fsp3) is 0.429. The van der Waals surface area contributed by atoms with E-state index in [9.17, 15) is 8.78 Å². The number of halogens is 2. The Hall–Kier alpha value is -0.900. The molecule has 2 nitrogen and oxygen atoms in total. The highest BCUT2D eigenvalue weighted by atomic mass is 19.3. The average molecular weight is 160 g/mol. The topological polar surface area (TPSA) is 41.8 Å². The number of hydrogen-bond acceptors (Lipinski definition) is 1. The largest absolute Gasteiger partial charge is 0.367 e. The summed E-state index contributed by atoms with van der Waals surface area (Å²) >= 11 is 0. The van der Waals surface area contributed by atoms with E-state index >= 15 is 0 Å². The summed E-state index contributed by atoms with van der Waals surface area (Å²) in [5.41, 5.74) is 5.96. The van der Waals surface area contributed by atoms with E-state index in [4.69, 9.17) is 5.73 Å². The highest BCUT2D eigenvalue weighted by Gasteiger charge is 2.15. The minimum atomic E-state index is -2.44. The molecule has 1 aromatic heterocycles. The molecule has 0 saturated carbocycles. The van der Waals surface area contributed by atoms with Gasteiger partial charge in [-0.25, -0.2) is 8.78 Å². The van der Waals surface area contributed by atoms with Gasteiger partial charge in [-0.1, -0.05) is 0 Å². The minimum Gasteiger partial charge on any atom is -0.367 e. The van der Waals surface area contributed by atoms with Crippen LogP contribution in [-0.4, -0.2) is 17.5 Å². The molecule has 0 saturated heterocycles. The van der Waals surface area contributed by atoms with Gasteiger partial charge in [-0.3, -0.25) is 0 Å². The summed E-state index contributed by atoms with van der Waals surface area (Å²) in [5.74, 6) is 0. The van der Waals surface area contributed by atoms with Crippen molar-refractivity contribution in [3.63, 3.8) is 0 Å². The van der Waals surface area contributed by atoms with Crippen LogP contribution in [0.3, 0.4) is 0 Å². The van der Waals surface area contributed by atoms with E-state index in [1.165, 1.54) is 0 Å². The van der Waals surface area contributed by atoms with Crippen molar-refractivity contribution in [1.82, 2.24) is 4.98 Å². The zero-order valence-corrected chi connectivity index (χ0v) is 5.93. The standard InChI is InChI=1S/C7H10F2N2/c8-7(9)6(10)3-5-1-2-11-4-5/h1-2,4,6-7,11H,3,10H2. The second-order valence-corrected chi connectivity index (χ2v) is 2.42. The molecule has 1 heterocycles. The van der Waals surface area contributed by atoms with Crippen molar-refractivity contribution in [3.8, 4) is 0 Å². The summed E-state index contributed by atoms with van der Waals surface area (Å²) in [4.78, 5) is 2.77. The SMILES string of the molecule is NC(Cc1cc[nH]c1)C(F)F. The lowest BCUT2D eigenvalue weighted by Crippen LogP contribution is -2.30. The number of nitrogens with one attached hydrogen (secondary N) is 1. The first-order valence-electron chi connectivity index (χ1n) is 3.35. The van der Waals surface area contributed by atoms with Gasteiger partial charge in [-0.05, 0) is 18.1 Å². The van der Waals surface area contributed by atoms with Gasteiger partial charge in [0.25, 0.3) is 6.43 Å². The van der Waals surface area contributed by atoms with E-state index < -0.39 is 12.5 Å². The Labute approximate surface area is 63.4 Å². The van der Waals surface area contributed by atoms with Gasteiger partial charge >= 0.3 is 0 Å². The molecule has 0 radical (unpaired) electrons. The maximum Gasteiger partial charge on any atom is 0.253 e. The summed E-state index contributed by atoms with van der Waals surface area (Å²) in [6.45, 7) is 0. The Morgan fingerprint density at radius 3 is 2.73 bits per heavy atom. The molecule has 0 amide bonds. The monoisotopic (exact) mass is 160 g/mol. The normalized spacial score (nSPS) is 13.8. The van der Waals surface area contributed by atoms with Crippen LogP contribution in [0.1, 0.15) is 5.56 Å². The molecule has 0 aliphatic carbocycles. The molecule has 4 heteroatoms. The van der Waals surface area contributed by atoms with E-state index in [2.05, 4.69) is 4.98 Å². The molecule has 3 N–H and O–H groups in total. The molecule has 0 spiro atoms. The second-order valence-electron chi connectivity index (χ2n) is 2.42. The zero-order valence-electron chi connectivity index (χ0n) is 5.93. The van der Waals surface area contributed by atoms with Gasteiger partial charge in [0.05, 0.1) is 6.04 Å². The third-order valence-electron chi connectivity index (χ3n) is 1.46. The van der Waals surface area contributed by atoms with Crippen LogP contribution >= 0.6 is 0 Å². The summed E-state index contributed by atoms with van der Waals surface area (Å²) in [6.07, 6.45) is 1.14.